The molecule has 0 saturated carbocycles. The second-order valence-corrected chi connectivity index (χ2v) is 3.64. The van der Waals surface area contributed by atoms with Crippen LogP contribution in [0.15, 0.2) is 24.3 Å². The Hall–Kier alpha value is -1.30. The molecule has 1 aliphatic heterocycles. The van der Waals surface area contributed by atoms with Gasteiger partial charge in [0.1, 0.15) is 5.75 Å². The number of benzene rings is 1. The van der Waals surface area contributed by atoms with Gasteiger partial charge in [0.25, 0.3) is 0 Å². The van der Waals surface area contributed by atoms with Crippen molar-refractivity contribution in [2.45, 2.75) is 12.0 Å². The van der Waals surface area contributed by atoms with Crippen LogP contribution in [0, 0.1) is 0 Å². The maximum atomic E-state index is 13.9. The van der Waals surface area contributed by atoms with E-state index >= 15 is 0 Å². The fraction of sp³-hybridized carbons (Fsp3) is 0.400. The van der Waals surface area contributed by atoms with Gasteiger partial charge in [-0.2, -0.15) is 0 Å². The van der Waals surface area contributed by atoms with Gasteiger partial charge in [-0.25, -0.2) is 4.39 Å². The van der Waals surface area contributed by atoms with E-state index in [1.54, 1.807) is 0 Å². The van der Waals surface area contributed by atoms with Crippen LogP contribution in [0.2, 0.25) is 0 Å². The average molecular weight is 235 g/mol. The monoisotopic (exact) mass is 235 g/mol. The van der Waals surface area contributed by atoms with Crippen molar-refractivity contribution in [3.63, 3.8) is 0 Å². The molecule has 88 valence electrons. The summed E-state index contributed by atoms with van der Waals surface area (Å²) < 4.78 is 53.4. The van der Waals surface area contributed by atoms with E-state index in [0.717, 1.165) is 12.1 Å². The first-order chi connectivity index (χ1) is 7.39. The molecule has 2 rings (SSSR count). The summed E-state index contributed by atoms with van der Waals surface area (Å²) in [6.07, 6.45) is -4.75. The van der Waals surface area contributed by atoms with Crippen LogP contribution in [0.3, 0.4) is 0 Å². The Morgan fingerprint density at radius 3 is 2.44 bits per heavy atom. The predicted molar refractivity (Wildman–Crippen MR) is 48.8 cm³/mol. The Bertz CT molecular complexity index is 387. The average Bonchev–Trinajstić information content (AvgIpc) is 2.12. The summed E-state index contributed by atoms with van der Waals surface area (Å²) in [6, 6.07) is 5.01. The zero-order valence-electron chi connectivity index (χ0n) is 8.14. The van der Waals surface area contributed by atoms with Gasteiger partial charge in [-0.15, -0.1) is 13.2 Å². The second kappa shape index (κ2) is 3.62. The smallest absolute Gasteiger partial charge is 0.406 e. The molecule has 6 heteroatoms. The van der Waals surface area contributed by atoms with E-state index < -0.39 is 17.8 Å². The molecule has 1 fully saturated rings. The van der Waals surface area contributed by atoms with E-state index in [1.807, 2.05) is 0 Å². The molecule has 0 spiro atoms. The van der Waals surface area contributed by atoms with Crippen molar-refractivity contribution in [1.29, 1.82) is 0 Å². The molecule has 0 atom stereocenters. The topological polar surface area (TPSA) is 21.3 Å². The Morgan fingerprint density at radius 1 is 1.25 bits per heavy atom. The van der Waals surface area contributed by atoms with E-state index in [1.165, 1.54) is 12.1 Å². The highest BCUT2D eigenvalue weighted by molar-refractivity contribution is 5.34. The Kier molecular flexibility index (Phi) is 2.53. The fourth-order valence-corrected chi connectivity index (χ4v) is 1.52. The van der Waals surface area contributed by atoms with Crippen LogP contribution in [-0.2, 0) is 5.67 Å². The Labute approximate surface area is 89.2 Å². The van der Waals surface area contributed by atoms with Gasteiger partial charge in [-0.05, 0) is 17.7 Å². The maximum absolute atomic E-state index is 13.9. The third kappa shape index (κ3) is 2.27. The molecule has 0 bridgehead atoms. The highest BCUT2D eigenvalue weighted by Gasteiger charge is 2.39. The fourth-order valence-electron chi connectivity index (χ4n) is 1.52. The first kappa shape index (κ1) is 11.2. The summed E-state index contributed by atoms with van der Waals surface area (Å²) in [5.41, 5.74) is -1.38. The number of rotatable bonds is 2. The molecular formula is C10H9F4NO. The summed E-state index contributed by atoms with van der Waals surface area (Å²) in [7, 11) is 0. The normalized spacial score (nSPS) is 19.0. The number of hydrogen-bond donors (Lipinski definition) is 1. The van der Waals surface area contributed by atoms with Gasteiger partial charge < -0.3 is 10.1 Å². The van der Waals surface area contributed by atoms with Crippen LogP contribution in [0.4, 0.5) is 17.6 Å². The standard InChI is InChI=1S/C10H9F4NO/c11-9(5-15-6-9)7-2-1-3-8(4-7)16-10(12,13)14/h1-4,15H,5-6H2. The zero-order valence-corrected chi connectivity index (χ0v) is 8.14. The molecule has 0 aliphatic carbocycles. The highest BCUT2D eigenvalue weighted by Crippen LogP contribution is 2.33. The molecule has 2 nitrogen and oxygen atoms in total. The molecule has 0 unspecified atom stereocenters. The molecular weight excluding hydrogens is 226 g/mol. The van der Waals surface area contributed by atoms with Gasteiger partial charge in [-0.3, -0.25) is 0 Å². The molecule has 1 aromatic rings. The minimum Gasteiger partial charge on any atom is -0.406 e. The molecule has 0 aromatic heterocycles. The van der Waals surface area contributed by atoms with Crippen molar-refractivity contribution >= 4 is 0 Å². The molecule has 1 N–H and O–H groups in total. The third-order valence-corrected chi connectivity index (χ3v) is 2.40. The number of nitrogens with one attached hydrogen (secondary N) is 1. The number of hydrogen-bond acceptors (Lipinski definition) is 2. The lowest BCUT2D eigenvalue weighted by molar-refractivity contribution is -0.274. The van der Waals surface area contributed by atoms with E-state index in [4.69, 9.17) is 0 Å². The van der Waals surface area contributed by atoms with Crippen LogP contribution in [0.1, 0.15) is 5.56 Å². The van der Waals surface area contributed by atoms with Gasteiger partial charge in [0, 0.05) is 13.1 Å². The van der Waals surface area contributed by atoms with Gasteiger partial charge in [0.05, 0.1) is 0 Å². The lowest BCUT2D eigenvalue weighted by atomic mass is 9.90. The molecule has 16 heavy (non-hydrogen) atoms. The van der Waals surface area contributed by atoms with Crippen molar-refractivity contribution in [3.8, 4) is 5.75 Å². The zero-order chi connectivity index (χ0) is 11.8. The van der Waals surface area contributed by atoms with Gasteiger partial charge in [-0.1, -0.05) is 12.1 Å². The number of ether oxygens (including phenoxy) is 1. The highest BCUT2D eigenvalue weighted by atomic mass is 19.4. The maximum Gasteiger partial charge on any atom is 0.573 e. The van der Waals surface area contributed by atoms with E-state index in [0.29, 0.717) is 0 Å². The first-order valence-electron chi connectivity index (χ1n) is 4.65. The Balaban J connectivity index is 2.20. The number of halogens is 4. The van der Waals surface area contributed by atoms with E-state index in [9.17, 15) is 17.6 Å². The SMILES string of the molecule is FC(F)(F)Oc1cccc(C2(F)CNC2)c1. The summed E-state index contributed by atoms with van der Waals surface area (Å²) in [4.78, 5) is 0. The van der Waals surface area contributed by atoms with Crippen LogP contribution in [0.25, 0.3) is 0 Å². The van der Waals surface area contributed by atoms with Crippen molar-refractivity contribution < 1.29 is 22.3 Å². The molecule has 0 radical (unpaired) electrons. The Morgan fingerprint density at radius 2 is 1.94 bits per heavy atom. The van der Waals surface area contributed by atoms with Crippen LogP contribution in [0.5, 0.6) is 5.75 Å². The van der Waals surface area contributed by atoms with Crippen molar-refractivity contribution in [3.05, 3.63) is 29.8 Å². The van der Waals surface area contributed by atoms with Crippen molar-refractivity contribution in [2.75, 3.05) is 13.1 Å². The summed E-state index contributed by atoms with van der Waals surface area (Å²) in [6.45, 7) is 0.227. The summed E-state index contributed by atoms with van der Waals surface area (Å²) in [5.74, 6) is -0.395. The van der Waals surface area contributed by atoms with Crippen LogP contribution in [-0.4, -0.2) is 19.5 Å². The summed E-state index contributed by atoms with van der Waals surface area (Å²) >= 11 is 0. The second-order valence-electron chi connectivity index (χ2n) is 3.64. The molecule has 1 saturated heterocycles. The van der Waals surface area contributed by atoms with Gasteiger partial charge in [0.2, 0.25) is 0 Å². The van der Waals surface area contributed by atoms with Crippen molar-refractivity contribution in [1.82, 2.24) is 5.32 Å². The first-order valence-corrected chi connectivity index (χ1v) is 4.65. The summed E-state index contributed by atoms with van der Waals surface area (Å²) in [5, 5.41) is 2.73. The molecule has 1 aliphatic rings. The van der Waals surface area contributed by atoms with Gasteiger partial charge >= 0.3 is 6.36 Å². The minimum absolute atomic E-state index is 0.114. The third-order valence-electron chi connectivity index (χ3n) is 2.40. The molecule has 0 amide bonds. The molecule has 1 heterocycles. The quantitative estimate of drug-likeness (QED) is 0.794. The van der Waals surface area contributed by atoms with Gasteiger partial charge in [0.15, 0.2) is 5.67 Å². The lowest BCUT2D eigenvalue weighted by Gasteiger charge is -2.35. The largest absolute Gasteiger partial charge is 0.573 e. The number of alkyl halides is 4. The van der Waals surface area contributed by atoms with Crippen LogP contribution >= 0.6 is 0 Å². The molecule has 1 aromatic carbocycles. The van der Waals surface area contributed by atoms with E-state index in [-0.39, 0.29) is 18.7 Å². The lowest BCUT2D eigenvalue weighted by Crippen LogP contribution is -2.53. The minimum atomic E-state index is -4.75. The predicted octanol–water partition coefficient (Wildman–Crippen LogP) is 2.35. The van der Waals surface area contributed by atoms with Crippen molar-refractivity contribution in [2.24, 2.45) is 0 Å². The van der Waals surface area contributed by atoms with Crippen LogP contribution < -0.4 is 10.1 Å². The van der Waals surface area contributed by atoms with E-state index in [2.05, 4.69) is 10.1 Å².